The van der Waals surface area contributed by atoms with Crippen LogP contribution in [0, 0.1) is 0 Å². The Hall–Kier alpha value is -1.71. The molecule has 26 heavy (non-hydrogen) atoms. The van der Waals surface area contributed by atoms with E-state index in [-0.39, 0.29) is 0 Å². The van der Waals surface area contributed by atoms with Gasteiger partial charge in [0.25, 0.3) is 0 Å². The van der Waals surface area contributed by atoms with Gasteiger partial charge in [-0.05, 0) is 70.2 Å². The number of nitrogens with zero attached hydrogens (tertiary/aromatic N) is 2. The molecule has 1 aliphatic rings. The Balaban J connectivity index is 1.66. The van der Waals surface area contributed by atoms with Crippen LogP contribution in [0.1, 0.15) is 63.6 Å². The summed E-state index contributed by atoms with van der Waals surface area (Å²) in [4.78, 5) is 7.10. The van der Waals surface area contributed by atoms with Crippen LogP contribution in [0.25, 0.3) is 0 Å². The predicted octanol–water partition coefficient (Wildman–Crippen LogP) is 4.75. The smallest absolute Gasteiger partial charge is 0.131 e. The fourth-order valence-electron chi connectivity index (χ4n) is 4.33. The van der Waals surface area contributed by atoms with Gasteiger partial charge in [-0.15, -0.1) is 0 Å². The molecule has 0 amide bonds. The normalized spacial score (nSPS) is 23.5. The van der Waals surface area contributed by atoms with Crippen molar-refractivity contribution in [3.8, 4) is 0 Å². The Kier molecular flexibility index (Phi) is 6.44. The van der Waals surface area contributed by atoms with Crippen LogP contribution in [0.15, 0.2) is 54.7 Å². The van der Waals surface area contributed by atoms with Crippen LogP contribution in [0.4, 0.5) is 0 Å². The molecule has 0 radical (unpaired) electrons. The molecule has 0 spiro atoms. The number of hydrogen-bond donors (Lipinski definition) is 1. The van der Waals surface area contributed by atoms with Crippen LogP contribution >= 0.6 is 0 Å². The van der Waals surface area contributed by atoms with E-state index >= 15 is 0 Å². The topological polar surface area (TPSA) is 36.4 Å². The van der Waals surface area contributed by atoms with Gasteiger partial charge in [0, 0.05) is 18.3 Å². The van der Waals surface area contributed by atoms with E-state index in [4.69, 9.17) is 0 Å². The van der Waals surface area contributed by atoms with Gasteiger partial charge in [-0.25, -0.2) is 0 Å². The van der Waals surface area contributed by atoms with E-state index in [1.165, 1.54) is 19.3 Å². The molecule has 3 heteroatoms. The van der Waals surface area contributed by atoms with E-state index in [0.29, 0.717) is 18.5 Å². The standard InChI is InChI=1S/C23H32N2O/c1-19-11-10-12-20(2)25(19)18-9-7-16-23(26,21-13-4-3-5-14-21)22-15-6-8-17-24-22/h3-6,8,13-15,17,19-20,26H,7,9-12,16,18H2,1-2H3/t19-,20+,23-/m1/s1. The highest BCUT2D eigenvalue weighted by Gasteiger charge is 2.32. The quantitative estimate of drug-likeness (QED) is 0.731. The largest absolute Gasteiger partial charge is 0.379 e. The highest BCUT2D eigenvalue weighted by molar-refractivity contribution is 5.31. The summed E-state index contributed by atoms with van der Waals surface area (Å²) in [7, 11) is 0. The molecule has 3 atom stereocenters. The Morgan fingerprint density at radius 1 is 1.00 bits per heavy atom. The number of pyridine rings is 1. The Bertz CT molecular complexity index is 609. The molecule has 0 bridgehead atoms. The molecule has 0 saturated carbocycles. The zero-order valence-electron chi connectivity index (χ0n) is 16.1. The number of benzene rings is 1. The number of unbranched alkanes of at least 4 members (excludes halogenated alkanes) is 1. The third-order valence-electron chi connectivity index (χ3n) is 5.92. The number of aliphatic hydroxyl groups is 1. The van der Waals surface area contributed by atoms with Gasteiger partial charge in [-0.3, -0.25) is 9.88 Å². The third-order valence-corrected chi connectivity index (χ3v) is 5.92. The van der Waals surface area contributed by atoms with Crippen molar-refractivity contribution in [1.82, 2.24) is 9.88 Å². The lowest BCUT2D eigenvalue weighted by Gasteiger charge is -2.39. The van der Waals surface area contributed by atoms with Gasteiger partial charge in [0.05, 0.1) is 5.69 Å². The lowest BCUT2D eigenvalue weighted by Crippen LogP contribution is -2.44. The minimum atomic E-state index is -1.01. The molecule has 1 saturated heterocycles. The highest BCUT2D eigenvalue weighted by Crippen LogP contribution is 2.33. The van der Waals surface area contributed by atoms with E-state index in [2.05, 4.69) is 23.7 Å². The second-order valence-electron chi connectivity index (χ2n) is 7.77. The summed E-state index contributed by atoms with van der Waals surface area (Å²) in [6.45, 7) is 5.82. The van der Waals surface area contributed by atoms with Crippen LogP contribution in [-0.2, 0) is 5.60 Å². The molecule has 2 aromatic rings. The summed E-state index contributed by atoms with van der Waals surface area (Å²) in [5.74, 6) is 0. The molecular weight excluding hydrogens is 320 g/mol. The molecular formula is C23H32N2O. The molecule has 1 fully saturated rings. The fourth-order valence-corrected chi connectivity index (χ4v) is 4.33. The van der Waals surface area contributed by atoms with Gasteiger partial charge in [-0.1, -0.05) is 42.8 Å². The minimum Gasteiger partial charge on any atom is -0.379 e. The van der Waals surface area contributed by atoms with Gasteiger partial charge in [0.2, 0.25) is 0 Å². The lowest BCUT2D eigenvalue weighted by molar-refractivity contribution is 0.0584. The maximum absolute atomic E-state index is 11.5. The second kappa shape index (κ2) is 8.79. The first kappa shape index (κ1) is 19.1. The molecule has 1 aromatic carbocycles. The van der Waals surface area contributed by atoms with E-state index in [0.717, 1.165) is 30.6 Å². The predicted molar refractivity (Wildman–Crippen MR) is 107 cm³/mol. The molecule has 0 aliphatic carbocycles. The van der Waals surface area contributed by atoms with Crippen LogP contribution in [0.5, 0.6) is 0 Å². The summed E-state index contributed by atoms with van der Waals surface area (Å²) >= 11 is 0. The lowest BCUT2D eigenvalue weighted by atomic mass is 9.85. The van der Waals surface area contributed by atoms with Crippen molar-refractivity contribution in [3.63, 3.8) is 0 Å². The van der Waals surface area contributed by atoms with E-state index < -0.39 is 5.60 Å². The maximum Gasteiger partial charge on any atom is 0.131 e. The number of hydrogen-bond acceptors (Lipinski definition) is 3. The molecule has 3 rings (SSSR count). The monoisotopic (exact) mass is 352 g/mol. The average molecular weight is 353 g/mol. The van der Waals surface area contributed by atoms with Crippen molar-refractivity contribution < 1.29 is 5.11 Å². The van der Waals surface area contributed by atoms with Gasteiger partial charge in [-0.2, -0.15) is 0 Å². The first-order valence-electron chi connectivity index (χ1n) is 10.1. The Labute approximate surface area is 158 Å². The maximum atomic E-state index is 11.5. The van der Waals surface area contributed by atoms with Crippen molar-refractivity contribution in [3.05, 3.63) is 66.0 Å². The van der Waals surface area contributed by atoms with Crippen LogP contribution in [0.3, 0.4) is 0 Å². The highest BCUT2D eigenvalue weighted by atomic mass is 16.3. The van der Waals surface area contributed by atoms with Crippen molar-refractivity contribution in [2.45, 2.75) is 70.1 Å². The second-order valence-corrected chi connectivity index (χ2v) is 7.77. The molecule has 1 aliphatic heterocycles. The molecule has 1 N–H and O–H groups in total. The van der Waals surface area contributed by atoms with Crippen LogP contribution in [-0.4, -0.2) is 33.6 Å². The van der Waals surface area contributed by atoms with Crippen molar-refractivity contribution >= 4 is 0 Å². The summed E-state index contributed by atoms with van der Waals surface area (Å²) in [6.07, 6.45) is 8.53. The van der Waals surface area contributed by atoms with Gasteiger partial charge in [0.15, 0.2) is 0 Å². The van der Waals surface area contributed by atoms with Crippen LogP contribution < -0.4 is 0 Å². The molecule has 1 aromatic heterocycles. The zero-order valence-corrected chi connectivity index (χ0v) is 16.1. The zero-order chi connectivity index (χ0) is 18.4. The number of rotatable bonds is 7. The van der Waals surface area contributed by atoms with E-state index in [9.17, 15) is 5.11 Å². The first-order chi connectivity index (χ1) is 12.6. The summed E-state index contributed by atoms with van der Waals surface area (Å²) in [6, 6.07) is 17.1. The van der Waals surface area contributed by atoms with Crippen molar-refractivity contribution in [2.24, 2.45) is 0 Å². The fraction of sp³-hybridized carbons (Fsp3) is 0.522. The van der Waals surface area contributed by atoms with Gasteiger partial charge < -0.3 is 5.11 Å². The number of piperidine rings is 1. The summed E-state index contributed by atoms with van der Waals surface area (Å²) < 4.78 is 0. The number of likely N-dealkylation sites (tertiary alicyclic amines) is 1. The van der Waals surface area contributed by atoms with Gasteiger partial charge in [0.1, 0.15) is 5.60 Å². The van der Waals surface area contributed by atoms with E-state index in [1.54, 1.807) is 6.20 Å². The van der Waals surface area contributed by atoms with Gasteiger partial charge >= 0.3 is 0 Å². The third kappa shape index (κ3) is 4.33. The summed E-state index contributed by atoms with van der Waals surface area (Å²) in [5.41, 5.74) is 0.658. The SMILES string of the molecule is C[C@@H]1CCC[C@H](C)N1CCCC[C@@](O)(c1ccccc1)c1ccccn1. The number of aromatic nitrogens is 1. The molecule has 0 unspecified atom stereocenters. The first-order valence-corrected chi connectivity index (χ1v) is 10.1. The van der Waals surface area contributed by atoms with Crippen molar-refractivity contribution in [2.75, 3.05) is 6.54 Å². The Morgan fingerprint density at radius 2 is 1.69 bits per heavy atom. The molecule has 140 valence electrons. The minimum absolute atomic E-state index is 0.683. The average Bonchev–Trinajstić information content (AvgIpc) is 2.68. The Morgan fingerprint density at radius 3 is 2.35 bits per heavy atom. The molecule has 2 heterocycles. The summed E-state index contributed by atoms with van der Waals surface area (Å²) in [5, 5.41) is 11.5. The van der Waals surface area contributed by atoms with Crippen LogP contribution in [0.2, 0.25) is 0 Å². The van der Waals surface area contributed by atoms with Crippen molar-refractivity contribution in [1.29, 1.82) is 0 Å². The molecule has 3 nitrogen and oxygen atoms in total. The van der Waals surface area contributed by atoms with E-state index in [1.807, 2.05) is 48.5 Å².